The highest BCUT2D eigenvalue weighted by atomic mass is 79.9. The van der Waals surface area contributed by atoms with Gasteiger partial charge in [-0.1, -0.05) is 38.8 Å². The van der Waals surface area contributed by atoms with Crippen LogP contribution in [0.4, 0.5) is 4.79 Å². The smallest absolute Gasteiger partial charge is 0.407 e. The fourth-order valence-electron chi connectivity index (χ4n) is 1.38. The second kappa shape index (κ2) is 6.95. The number of nitrogens with one attached hydrogen (secondary N) is 1. The number of hydrogen-bond acceptors (Lipinski definition) is 4. The lowest BCUT2D eigenvalue weighted by molar-refractivity contribution is 0.0523. The van der Waals surface area contributed by atoms with Crippen LogP contribution in [0, 0.1) is 0 Å². The van der Waals surface area contributed by atoms with Gasteiger partial charge in [-0.05, 0) is 38.5 Å². The molecule has 0 aliphatic carbocycles. The van der Waals surface area contributed by atoms with Gasteiger partial charge in [0, 0.05) is 16.6 Å². The number of carbonyl (C=O) groups excluding carboxylic acids is 1. The number of benzene rings is 1. The summed E-state index contributed by atoms with van der Waals surface area (Å²) >= 11 is 9.11. The molecule has 0 unspecified atom stereocenters. The van der Waals surface area contributed by atoms with Crippen molar-refractivity contribution in [3.05, 3.63) is 33.8 Å². The fraction of sp³-hybridized carbons (Fsp3) is 0.385. The summed E-state index contributed by atoms with van der Waals surface area (Å²) in [6, 6.07) is 5.17. The molecule has 0 aliphatic rings. The Balaban J connectivity index is 2.75. The van der Waals surface area contributed by atoms with Crippen LogP contribution in [0.1, 0.15) is 31.9 Å². The summed E-state index contributed by atoms with van der Waals surface area (Å²) in [6.07, 6.45) is -0.503. The average Bonchev–Trinajstić information content (AvgIpc) is 2.34. The van der Waals surface area contributed by atoms with Crippen LogP contribution in [0.2, 0.25) is 0 Å². The van der Waals surface area contributed by atoms with Gasteiger partial charge in [-0.25, -0.2) is 4.79 Å². The molecule has 5 nitrogen and oxygen atoms in total. The fourth-order valence-corrected chi connectivity index (χ4v) is 1.88. The molecule has 0 heterocycles. The van der Waals surface area contributed by atoms with Gasteiger partial charge in [0.05, 0.1) is 0 Å². The number of rotatable bonds is 3. The third kappa shape index (κ3) is 5.38. The Labute approximate surface area is 131 Å². The molecule has 0 saturated heterocycles. The van der Waals surface area contributed by atoms with Crippen LogP contribution in [0.15, 0.2) is 27.8 Å². The summed E-state index contributed by atoms with van der Waals surface area (Å²) < 4.78 is 5.95. The van der Waals surface area contributed by atoms with Crippen molar-refractivity contribution in [2.45, 2.75) is 32.9 Å². The second-order valence-corrected chi connectivity index (χ2v) is 6.26. The van der Waals surface area contributed by atoms with E-state index in [0.29, 0.717) is 5.56 Å². The first-order valence-corrected chi connectivity index (χ1v) is 7.03. The molecule has 1 aromatic carbocycles. The molecule has 0 spiro atoms. The van der Waals surface area contributed by atoms with Crippen molar-refractivity contribution in [1.29, 1.82) is 0 Å². The van der Waals surface area contributed by atoms with Crippen LogP contribution in [0.25, 0.3) is 0 Å². The molecule has 7 heteroatoms. The lowest BCUT2D eigenvalue weighted by atomic mass is 10.1. The topological polar surface area (TPSA) is 70.9 Å². The third-order valence-electron chi connectivity index (χ3n) is 2.19. The lowest BCUT2D eigenvalue weighted by Crippen LogP contribution is -2.32. The number of carbonyl (C=O) groups is 1. The highest BCUT2D eigenvalue weighted by Gasteiger charge is 2.16. The molecule has 1 aromatic rings. The number of oxime groups is 1. The highest BCUT2D eigenvalue weighted by molar-refractivity contribution is 9.10. The van der Waals surface area contributed by atoms with E-state index in [-0.39, 0.29) is 11.7 Å². The highest BCUT2D eigenvalue weighted by Crippen LogP contribution is 2.20. The average molecular weight is 364 g/mol. The van der Waals surface area contributed by atoms with Gasteiger partial charge in [-0.2, -0.15) is 0 Å². The standard InChI is InChI=1S/C13H16BrClN2O3/c1-13(2,3)20-12(18)16-7-9-6-8(11(15)17-19)4-5-10(9)14/h4-6,19H,7H2,1-3H3,(H,16,18). The summed E-state index contributed by atoms with van der Waals surface area (Å²) in [5.74, 6) is 0. The van der Waals surface area contributed by atoms with Gasteiger partial charge in [0.15, 0.2) is 5.17 Å². The molecule has 20 heavy (non-hydrogen) atoms. The zero-order chi connectivity index (χ0) is 15.3. The molecule has 0 atom stereocenters. The van der Waals surface area contributed by atoms with Crippen LogP contribution < -0.4 is 5.32 Å². The van der Waals surface area contributed by atoms with Gasteiger partial charge >= 0.3 is 6.09 Å². The van der Waals surface area contributed by atoms with Crippen LogP contribution >= 0.6 is 27.5 Å². The van der Waals surface area contributed by atoms with Gasteiger partial charge in [0.2, 0.25) is 0 Å². The molecule has 1 amide bonds. The predicted molar refractivity (Wildman–Crippen MR) is 81.4 cm³/mol. The van der Waals surface area contributed by atoms with E-state index in [9.17, 15) is 4.79 Å². The molecular weight excluding hydrogens is 348 g/mol. The van der Waals surface area contributed by atoms with Crippen LogP contribution in [0.5, 0.6) is 0 Å². The molecule has 0 radical (unpaired) electrons. The van der Waals surface area contributed by atoms with Crippen molar-refractivity contribution < 1.29 is 14.7 Å². The molecule has 0 fully saturated rings. The predicted octanol–water partition coefficient (Wildman–Crippen LogP) is 3.85. The zero-order valence-corrected chi connectivity index (χ0v) is 13.7. The van der Waals surface area contributed by atoms with Crippen molar-refractivity contribution >= 4 is 38.8 Å². The number of amides is 1. The second-order valence-electron chi connectivity index (χ2n) is 5.05. The van der Waals surface area contributed by atoms with Gasteiger partial charge in [-0.3, -0.25) is 0 Å². The third-order valence-corrected chi connectivity index (χ3v) is 3.26. The summed E-state index contributed by atoms with van der Waals surface area (Å²) in [4.78, 5) is 11.6. The summed E-state index contributed by atoms with van der Waals surface area (Å²) in [7, 11) is 0. The first-order chi connectivity index (χ1) is 9.23. The summed E-state index contributed by atoms with van der Waals surface area (Å²) in [6.45, 7) is 5.64. The maximum Gasteiger partial charge on any atom is 0.407 e. The van der Waals surface area contributed by atoms with Crippen LogP contribution in [-0.2, 0) is 11.3 Å². The minimum atomic E-state index is -0.546. The molecule has 2 N–H and O–H groups in total. The monoisotopic (exact) mass is 362 g/mol. The SMILES string of the molecule is CC(C)(C)OC(=O)NCc1cc(C(Cl)=NO)ccc1Br. The number of hydrogen-bond donors (Lipinski definition) is 2. The Hall–Kier alpha value is -1.27. The number of ether oxygens (including phenoxy) is 1. The van der Waals surface area contributed by atoms with Gasteiger partial charge in [-0.15, -0.1) is 0 Å². The van der Waals surface area contributed by atoms with E-state index < -0.39 is 11.7 Å². The Morgan fingerprint density at radius 1 is 1.50 bits per heavy atom. The number of halogens is 2. The van der Waals surface area contributed by atoms with Crippen LogP contribution in [-0.4, -0.2) is 22.1 Å². The van der Waals surface area contributed by atoms with E-state index in [1.54, 1.807) is 39.0 Å². The molecule has 0 aliphatic heterocycles. The van der Waals surface area contributed by atoms with E-state index in [2.05, 4.69) is 26.4 Å². The van der Waals surface area contributed by atoms with Gasteiger partial charge < -0.3 is 15.3 Å². The van der Waals surface area contributed by atoms with E-state index in [1.807, 2.05) is 0 Å². The molecule has 0 bridgehead atoms. The van der Waals surface area contributed by atoms with E-state index >= 15 is 0 Å². The van der Waals surface area contributed by atoms with E-state index in [4.69, 9.17) is 21.5 Å². The minimum absolute atomic E-state index is 0.0176. The van der Waals surface area contributed by atoms with Crippen molar-refractivity contribution in [2.24, 2.45) is 5.16 Å². The van der Waals surface area contributed by atoms with Crippen LogP contribution in [0.3, 0.4) is 0 Å². The molecule has 110 valence electrons. The quantitative estimate of drug-likeness (QED) is 0.487. The van der Waals surface area contributed by atoms with Crippen molar-refractivity contribution in [3.8, 4) is 0 Å². The molecule has 0 aromatic heterocycles. The Kier molecular flexibility index (Phi) is 5.83. The van der Waals surface area contributed by atoms with Crippen molar-refractivity contribution in [1.82, 2.24) is 5.32 Å². The van der Waals surface area contributed by atoms with E-state index in [1.165, 1.54) is 0 Å². The Morgan fingerprint density at radius 2 is 2.15 bits per heavy atom. The van der Waals surface area contributed by atoms with Gasteiger partial charge in [0.1, 0.15) is 5.60 Å². The van der Waals surface area contributed by atoms with E-state index in [0.717, 1.165) is 10.0 Å². The maximum atomic E-state index is 11.6. The van der Waals surface area contributed by atoms with Gasteiger partial charge in [0.25, 0.3) is 0 Å². The number of nitrogens with zero attached hydrogens (tertiary/aromatic N) is 1. The number of alkyl carbamates (subject to hydrolysis) is 1. The molecule has 1 rings (SSSR count). The first-order valence-electron chi connectivity index (χ1n) is 5.86. The molecular formula is C13H16BrClN2O3. The maximum absolute atomic E-state index is 11.6. The zero-order valence-electron chi connectivity index (χ0n) is 11.4. The summed E-state index contributed by atoms with van der Waals surface area (Å²) in [5, 5.41) is 14.2. The minimum Gasteiger partial charge on any atom is -0.444 e. The lowest BCUT2D eigenvalue weighted by Gasteiger charge is -2.19. The van der Waals surface area contributed by atoms with Crippen molar-refractivity contribution in [2.75, 3.05) is 0 Å². The normalized spacial score (nSPS) is 12.2. The largest absolute Gasteiger partial charge is 0.444 e. The summed E-state index contributed by atoms with van der Waals surface area (Å²) in [5.41, 5.74) is 0.796. The Morgan fingerprint density at radius 3 is 2.70 bits per heavy atom. The Bertz CT molecular complexity index is 527. The van der Waals surface area contributed by atoms with Crippen molar-refractivity contribution in [3.63, 3.8) is 0 Å². The molecule has 0 saturated carbocycles. The first kappa shape index (κ1) is 16.8.